The Morgan fingerprint density at radius 1 is 0.867 bits per heavy atom. The second-order valence-corrected chi connectivity index (χ2v) is 17.3. The van der Waals surface area contributed by atoms with Crippen LogP contribution in [0.25, 0.3) is 21.9 Å². The topological polar surface area (TPSA) is 139 Å². The molecule has 9 rings (SSSR count). The van der Waals surface area contributed by atoms with Gasteiger partial charge in [-0.3, -0.25) is 29.4 Å². The molecule has 2 aromatic carbocycles. The van der Waals surface area contributed by atoms with Crippen LogP contribution in [0.2, 0.25) is 0 Å². The van der Waals surface area contributed by atoms with Crippen LogP contribution in [0.5, 0.6) is 17.4 Å². The molecule has 5 aliphatic rings. The Bertz CT molecular complexity index is 2380. The van der Waals surface area contributed by atoms with Crippen LogP contribution in [0.15, 0.2) is 53.6 Å². The summed E-state index contributed by atoms with van der Waals surface area (Å²) in [7, 11) is 6.74. The summed E-state index contributed by atoms with van der Waals surface area (Å²) in [5.41, 5.74) is 5.47. The van der Waals surface area contributed by atoms with E-state index in [4.69, 9.17) is 14.2 Å². The van der Waals surface area contributed by atoms with Gasteiger partial charge in [0, 0.05) is 105 Å². The van der Waals surface area contributed by atoms with Crippen molar-refractivity contribution < 1.29 is 28.6 Å². The van der Waals surface area contributed by atoms with Crippen molar-refractivity contribution in [2.24, 2.45) is 13.0 Å². The molecule has 1 aliphatic carbocycles. The summed E-state index contributed by atoms with van der Waals surface area (Å²) in [6, 6.07) is 11.5. The van der Waals surface area contributed by atoms with Crippen LogP contribution in [0.3, 0.4) is 0 Å². The van der Waals surface area contributed by atoms with Crippen molar-refractivity contribution in [1.82, 2.24) is 29.6 Å². The molecule has 316 valence electrons. The van der Waals surface area contributed by atoms with Gasteiger partial charge in [-0.1, -0.05) is 6.07 Å². The third-order valence-electron chi connectivity index (χ3n) is 14.0. The number of aromatic nitrogens is 2. The number of anilines is 1. The number of nitrogens with one attached hydrogen (secondary N) is 1. The van der Waals surface area contributed by atoms with Crippen LogP contribution in [0, 0.1) is 5.92 Å². The van der Waals surface area contributed by atoms with Crippen molar-refractivity contribution in [1.29, 1.82) is 0 Å². The zero-order valence-corrected chi connectivity index (χ0v) is 35.1. The number of hydrogen-bond donors (Lipinski definition) is 1. The average Bonchev–Trinajstić information content (AvgIpc) is 3.58. The van der Waals surface area contributed by atoms with E-state index in [1.165, 1.54) is 25.7 Å². The Morgan fingerprint density at radius 2 is 1.63 bits per heavy atom. The van der Waals surface area contributed by atoms with Crippen molar-refractivity contribution in [2.75, 3.05) is 65.5 Å². The first-order valence-corrected chi connectivity index (χ1v) is 21.4. The number of rotatable bonds is 11. The van der Waals surface area contributed by atoms with E-state index >= 15 is 0 Å². The Kier molecular flexibility index (Phi) is 10.8. The molecule has 4 aliphatic heterocycles. The number of fused-ring (bicyclic) bond motifs is 2. The van der Waals surface area contributed by atoms with Gasteiger partial charge in [0.2, 0.25) is 17.7 Å². The summed E-state index contributed by atoms with van der Waals surface area (Å²) in [5, 5.41) is 3.67. The predicted octanol–water partition coefficient (Wildman–Crippen LogP) is 4.73. The first-order valence-electron chi connectivity index (χ1n) is 21.4. The van der Waals surface area contributed by atoms with Gasteiger partial charge in [0.1, 0.15) is 17.5 Å². The standard InChI is InChI=1S/C46H55N7O7/c1-49-26-36(34-23-42(60-4)47-24-35(34)44(49)56)31-20-39(58-2)37(40(21-31)59-3)27-52-19-18-50(28-46(52)13-5-14-46)15-10-29-11-16-51(17-12-29)32-7-6-30-25-53(45(57)33(30)22-32)38-8-9-41(54)48-43(38)55/h6-7,20-24,26,29,38H,5,8-19,25,27-28H2,1-4H3,(H,48,54,55). The molecule has 0 bridgehead atoms. The zero-order chi connectivity index (χ0) is 41.7. The Balaban J connectivity index is 0.823. The summed E-state index contributed by atoms with van der Waals surface area (Å²) in [5.74, 6) is 1.85. The molecule has 3 amide bonds. The predicted molar refractivity (Wildman–Crippen MR) is 228 cm³/mol. The van der Waals surface area contributed by atoms with Crippen molar-refractivity contribution in [3.8, 4) is 28.5 Å². The number of aryl methyl sites for hydroxylation is 1. The summed E-state index contributed by atoms with van der Waals surface area (Å²) in [6.45, 7) is 7.20. The molecule has 14 nitrogen and oxygen atoms in total. The van der Waals surface area contributed by atoms with E-state index in [9.17, 15) is 19.2 Å². The first-order chi connectivity index (χ1) is 29.1. The van der Waals surface area contributed by atoms with Crippen LogP contribution >= 0.6 is 0 Å². The Morgan fingerprint density at radius 3 is 2.32 bits per heavy atom. The van der Waals surface area contributed by atoms with E-state index in [0.717, 1.165) is 103 Å². The monoisotopic (exact) mass is 817 g/mol. The fourth-order valence-corrected chi connectivity index (χ4v) is 10.3. The zero-order valence-electron chi connectivity index (χ0n) is 35.1. The fourth-order valence-electron chi connectivity index (χ4n) is 10.3. The number of carbonyl (C=O) groups is 3. The van der Waals surface area contributed by atoms with Crippen molar-refractivity contribution in [3.05, 3.63) is 75.8 Å². The minimum absolute atomic E-state index is 0.121. The molecule has 60 heavy (non-hydrogen) atoms. The molecule has 14 heteroatoms. The smallest absolute Gasteiger partial charge is 0.259 e. The first kappa shape index (κ1) is 40.0. The molecule has 0 radical (unpaired) electrons. The number of benzene rings is 2. The number of nitrogens with zero attached hydrogens (tertiary/aromatic N) is 6. The highest BCUT2D eigenvalue weighted by molar-refractivity contribution is 6.05. The van der Waals surface area contributed by atoms with Gasteiger partial charge in [0.05, 0.1) is 32.3 Å². The highest BCUT2D eigenvalue weighted by Gasteiger charge is 2.46. The van der Waals surface area contributed by atoms with E-state index in [-0.39, 0.29) is 35.2 Å². The maximum absolute atomic E-state index is 13.4. The Hall–Kier alpha value is -5.47. The lowest BCUT2D eigenvalue weighted by Crippen LogP contribution is -2.65. The van der Waals surface area contributed by atoms with Gasteiger partial charge >= 0.3 is 0 Å². The lowest BCUT2D eigenvalue weighted by Gasteiger charge is -2.56. The van der Waals surface area contributed by atoms with Crippen molar-refractivity contribution >= 4 is 34.2 Å². The summed E-state index contributed by atoms with van der Waals surface area (Å²) < 4.78 is 19.2. The lowest BCUT2D eigenvalue weighted by molar-refractivity contribution is -0.136. The Labute approximate surface area is 350 Å². The van der Waals surface area contributed by atoms with Gasteiger partial charge in [-0.25, -0.2) is 4.98 Å². The highest BCUT2D eigenvalue weighted by atomic mass is 16.5. The number of carbonyl (C=O) groups excluding carboxylic acids is 3. The molecule has 3 saturated heterocycles. The second-order valence-electron chi connectivity index (χ2n) is 17.3. The lowest BCUT2D eigenvalue weighted by atomic mass is 9.73. The summed E-state index contributed by atoms with van der Waals surface area (Å²) in [6.07, 6.45) is 11.1. The van der Waals surface area contributed by atoms with Gasteiger partial charge in [-0.15, -0.1) is 0 Å². The van der Waals surface area contributed by atoms with Crippen LogP contribution in [0.4, 0.5) is 5.69 Å². The fraction of sp³-hybridized carbons (Fsp3) is 0.500. The van der Waals surface area contributed by atoms with E-state index < -0.39 is 6.04 Å². The van der Waals surface area contributed by atoms with Gasteiger partial charge < -0.3 is 33.5 Å². The average molecular weight is 818 g/mol. The molecule has 1 atom stereocenters. The van der Waals surface area contributed by atoms with Crippen LogP contribution in [-0.2, 0) is 29.7 Å². The third kappa shape index (κ3) is 7.27. The number of piperazine rings is 1. The van der Waals surface area contributed by atoms with Gasteiger partial charge in [0.25, 0.3) is 11.5 Å². The molecule has 1 N–H and O–H groups in total. The van der Waals surface area contributed by atoms with E-state index in [0.29, 0.717) is 35.7 Å². The second kappa shape index (κ2) is 16.2. The molecule has 6 heterocycles. The number of ether oxygens (including phenoxy) is 3. The molecule has 1 saturated carbocycles. The number of piperidine rings is 2. The number of imide groups is 1. The molecule has 2 aromatic heterocycles. The largest absolute Gasteiger partial charge is 0.496 e. The van der Waals surface area contributed by atoms with Gasteiger partial charge in [-0.05, 0) is 92.8 Å². The summed E-state index contributed by atoms with van der Waals surface area (Å²) >= 11 is 0. The van der Waals surface area contributed by atoms with E-state index in [1.807, 2.05) is 24.4 Å². The van der Waals surface area contributed by atoms with Gasteiger partial charge in [0.15, 0.2) is 0 Å². The summed E-state index contributed by atoms with van der Waals surface area (Å²) in [4.78, 5) is 64.3. The minimum Gasteiger partial charge on any atom is -0.496 e. The number of pyridine rings is 2. The van der Waals surface area contributed by atoms with Crippen molar-refractivity contribution in [2.45, 2.75) is 76.0 Å². The maximum atomic E-state index is 13.4. The van der Waals surface area contributed by atoms with E-state index in [2.05, 4.69) is 43.2 Å². The number of methoxy groups -OCH3 is 3. The maximum Gasteiger partial charge on any atom is 0.259 e. The SMILES string of the molecule is COc1cc2c(-c3cc(OC)c(CN4CCN(CCC5CCN(c6ccc7c(c6)C(=O)N(C6CCC(=O)NC6=O)C7)CC5)CC45CCC5)c(OC)c3)cn(C)c(=O)c2cn1. The number of hydrogen-bond acceptors (Lipinski definition) is 11. The molecular weight excluding hydrogens is 763 g/mol. The molecule has 4 fully saturated rings. The third-order valence-corrected chi connectivity index (χ3v) is 14.0. The normalized spacial score (nSPS) is 21.0. The number of amides is 3. The quantitative estimate of drug-likeness (QED) is 0.210. The van der Waals surface area contributed by atoms with E-state index in [1.54, 1.807) is 44.0 Å². The van der Waals surface area contributed by atoms with Gasteiger partial charge in [-0.2, -0.15) is 0 Å². The molecule has 1 unspecified atom stereocenters. The van der Waals surface area contributed by atoms with Crippen molar-refractivity contribution in [3.63, 3.8) is 0 Å². The van der Waals surface area contributed by atoms with Crippen LogP contribution in [0.1, 0.15) is 72.9 Å². The van der Waals surface area contributed by atoms with Crippen LogP contribution < -0.4 is 30.0 Å². The minimum atomic E-state index is -0.597. The van der Waals surface area contributed by atoms with Crippen LogP contribution in [-0.4, -0.2) is 114 Å². The molecular formula is C46H55N7O7. The molecule has 1 spiro atoms. The highest BCUT2D eigenvalue weighted by Crippen LogP contribution is 2.45. The molecule has 4 aromatic rings.